The lowest BCUT2D eigenvalue weighted by Crippen LogP contribution is -2.54. The monoisotopic (exact) mass is 575 g/mol. The summed E-state index contributed by atoms with van der Waals surface area (Å²) in [6, 6.07) is 24.0. The zero-order valence-corrected chi connectivity index (χ0v) is 25.1. The van der Waals surface area contributed by atoms with Crippen LogP contribution in [-0.4, -0.2) is 50.0 Å². The lowest BCUT2D eigenvalue weighted by atomic mass is 10.0. The van der Waals surface area contributed by atoms with Crippen molar-refractivity contribution in [3.05, 3.63) is 101 Å². The molecule has 0 radical (unpaired) electrons. The Bertz CT molecular complexity index is 1440. The summed E-state index contributed by atoms with van der Waals surface area (Å²) in [4.78, 5) is 29.8. The molecule has 1 atom stereocenters. The number of carbonyl (C=O) groups is 2. The fourth-order valence-electron chi connectivity index (χ4n) is 5.58. The van der Waals surface area contributed by atoms with E-state index in [9.17, 15) is 18.0 Å². The number of sulfonamides is 1. The molecule has 0 spiro atoms. The van der Waals surface area contributed by atoms with Crippen molar-refractivity contribution in [1.29, 1.82) is 0 Å². The maximum atomic E-state index is 14.3. The van der Waals surface area contributed by atoms with Crippen molar-refractivity contribution in [3.63, 3.8) is 0 Å². The molecule has 3 aromatic rings. The van der Waals surface area contributed by atoms with Gasteiger partial charge in [0.2, 0.25) is 21.8 Å². The Morgan fingerprint density at radius 3 is 2.24 bits per heavy atom. The Hall–Kier alpha value is -3.65. The third kappa shape index (κ3) is 8.19. The van der Waals surface area contributed by atoms with Crippen LogP contribution in [0.15, 0.2) is 78.9 Å². The van der Waals surface area contributed by atoms with Crippen LogP contribution < -0.4 is 9.62 Å². The molecule has 0 aromatic heterocycles. The van der Waals surface area contributed by atoms with Crippen LogP contribution in [0.3, 0.4) is 0 Å². The molecule has 1 aliphatic carbocycles. The predicted octanol–water partition coefficient (Wildman–Crippen LogP) is 5.02. The van der Waals surface area contributed by atoms with E-state index in [4.69, 9.17) is 0 Å². The van der Waals surface area contributed by atoms with E-state index in [1.807, 2.05) is 80.6 Å². The van der Waals surface area contributed by atoms with E-state index in [0.717, 1.165) is 54.2 Å². The molecule has 7 nitrogen and oxygen atoms in total. The molecule has 0 saturated heterocycles. The van der Waals surface area contributed by atoms with Gasteiger partial charge in [-0.1, -0.05) is 98.1 Å². The average Bonchev–Trinajstić information content (AvgIpc) is 3.46. The van der Waals surface area contributed by atoms with E-state index in [1.54, 1.807) is 17.0 Å². The first-order chi connectivity index (χ1) is 19.7. The van der Waals surface area contributed by atoms with Gasteiger partial charge in [-0.15, -0.1) is 0 Å². The summed E-state index contributed by atoms with van der Waals surface area (Å²) in [5.41, 5.74) is 4.16. The van der Waals surface area contributed by atoms with Crippen LogP contribution in [0.2, 0.25) is 0 Å². The lowest BCUT2D eigenvalue weighted by Gasteiger charge is -2.34. The predicted molar refractivity (Wildman–Crippen MR) is 164 cm³/mol. The number of anilines is 1. The van der Waals surface area contributed by atoms with Gasteiger partial charge in [0.1, 0.15) is 12.6 Å². The van der Waals surface area contributed by atoms with Crippen molar-refractivity contribution >= 4 is 27.5 Å². The van der Waals surface area contributed by atoms with Crippen LogP contribution in [-0.2, 0) is 39.0 Å². The van der Waals surface area contributed by atoms with Crippen LogP contribution in [0.25, 0.3) is 0 Å². The summed E-state index contributed by atoms with van der Waals surface area (Å²) in [5.74, 6) is -0.632. The topological polar surface area (TPSA) is 86.8 Å². The number of hydrogen-bond acceptors (Lipinski definition) is 4. The molecule has 1 aliphatic rings. The number of benzene rings is 3. The van der Waals surface area contributed by atoms with Crippen LogP contribution in [0.1, 0.15) is 54.9 Å². The fraction of sp³-hybridized carbons (Fsp3) is 0.394. The number of para-hydroxylation sites is 1. The summed E-state index contributed by atoms with van der Waals surface area (Å²) in [5, 5.41) is 3.20. The highest BCUT2D eigenvalue weighted by molar-refractivity contribution is 7.92. The van der Waals surface area contributed by atoms with Gasteiger partial charge in [0.25, 0.3) is 0 Å². The third-order valence-corrected chi connectivity index (χ3v) is 8.85. The van der Waals surface area contributed by atoms with Gasteiger partial charge >= 0.3 is 0 Å². The molecule has 0 aliphatic heterocycles. The van der Waals surface area contributed by atoms with Crippen molar-refractivity contribution in [3.8, 4) is 0 Å². The molecule has 1 unspecified atom stereocenters. The van der Waals surface area contributed by atoms with Gasteiger partial charge in [-0.05, 0) is 48.9 Å². The molecule has 2 amide bonds. The first kappa shape index (κ1) is 30.3. The highest BCUT2D eigenvalue weighted by Crippen LogP contribution is 2.25. The molecule has 1 saturated carbocycles. The van der Waals surface area contributed by atoms with Crippen molar-refractivity contribution in [1.82, 2.24) is 10.2 Å². The summed E-state index contributed by atoms with van der Waals surface area (Å²) in [6.07, 6.45) is 6.04. The SMILES string of the molecule is CCc1ccccc1N(CC(=O)N(Cc1cccc(C)c1)C(Cc1ccccc1)C(=O)NC1CCCC1)S(C)(=O)=O. The minimum absolute atomic E-state index is 0.0839. The number of carbonyl (C=O) groups excluding carboxylic acids is 2. The van der Waals surface area contributed by atoms with E-state index in [-0.39, 0.29) is 18.5 Å². The number of rotatable bonds is 12. The smallest absolute Gasteiger partial charge is 0.244 e. The minimum Gasteiger partial charge on any atom is -0.352 e. The van der Waals surface area contributed by atoms with Crippen molar-refractivity contribution in [2.75, 3.05) is 17.1 Å². The molecule has 218 valence electrons. The minimum atomic E-state index is -3.80. The Morgan fingerprint density at radius 2 is 1.59 bits per heavy atom. The number of nitrogens with one attached hydrogen (secondary N) is 1. The first-order valence-electron chi connectivity index (χ1n) is 14.4. The second kappa shape index (κ2) is 13.8. The molecule has 1 N–H and O–H groups in total. The summed E-state index contributed by atoms with van der Waals surface area (Å²) in [6.45, 7) is 3.72. The molecule has 0 heterocycles. The van der Waals surface area contributed by atoms with Gasteiger partial charge in [0.05, 0.1) is 11.9 Å². The molecular weight excluding hydrogens is 534 g/mol. The molecule has 4 rings (SSSR count). The quantitative estimate of drug-likeness (QED) is 0.329. The van der Waals surface area contributed by atoms with E-state index < -0.39 is 28.5 Å². The second-order valence-electron chi connectivity index (χ2n) is 11.0. The standard InChI is InChI=1S/C33H41N3O4S/c1-4-28-17-8-11-20-30(28)36(41(3,39)40)24-32(37)35(23-27-16-12-13-25(2)21-27)31(22-26-14-6-5-7-15-26)33(38)34-29-18-9-10-19-29/h5-8,11-17,20-21,29,31H,4,9-10,18-19,22-24H2,1-3H3,(H,34,38). The molecule has 3 aromatic carbocycles. The highest BCUT2D eigenvalue weighted by Gasteiger charge is 2.34. The average molecular weight is 576 g/mol. The fourth-order valence-corrected chi connectivity index (χ4v) is 6.46. The zero-order valence-electron chi connectivity index (χ0n) is 24.3. The molecule has 41 heavy (non-hydrogen) atoms. The summed E-state index contributed by atoms with van der Waals surface area (Å²) in [7, 11) is -3.80. The number of amides is 2. The van der Waals surface area contributed by atoms with Gasteiger partial charge in [-0.2, -0.15) is 0 Å². The van der Waals surface area contributed by atoms with E-state index >= 15 is 0 Å². The van der Waals surface area contributed by atoms with Gasteiger partial charge in [0, 0.05) is 19.0 Å². The van der Waals surface area contributed by atoms with Crippen molar-refractivity contribution in [2.24, 2.45) is 0 Å². The van der Waals surface area contributed by atoms with Crippen molar-refractivity contribution < 1.29 is 18.0 Å². The van der Waals surface area contributed by atoms with E-state index in [2.05, 4.69) is 5.32 Å². The number of aryl methyl sites for hydroxylation is 2. The Labute approximate surface area is 244 Å². The van der Waals surface area contributed by atoms with Gasteiger partial charge in [-0.3, -0.25) is 13.9 Å². The Kier molecular flexibility index (Phi) is 10.2. The van der Waals surface area contributed by atoms with Crippen LogP contribution in [0.5, 0.6) is 0 Å². The van der Waals surface area contributed by atoms with E-state index in [1.165, 1.54) is 4.31 Å². The number of hydrogen-bond donors (Lipinski definition) is 1. The van der Waals surface area contributed by atoms with Crippen LogP contribution in [0.4, 0.5) is 5.69 Å². The van der Waals surface area contributed by atoms with Crippen LogP contribution in [0, 0.1) is 6.92 Å². The number of nitrogens with zero attached hydrogens (tertiary/aromatic N) is 2. The summed E-state index contributed by atoms with van der Waals surface area (Å²) < 4.78 is 27.3. The third-order valence-electron chi connectivity index (χ3n) is 7.73. The molecular formula is C33H41N3O4S. The molecule has 8 heteroatoms. The second-order valence-corrected chi connectivity index (χ2v) is 12.9. The van der Waals surface area contributed by atoms with Gasteiger partial charge < -0.3 is 10.2 Å². The Balaban J connectivity index is 1.74. The lowest BCUT2D eigenvalue weighted by molar-refractivity contribution is -0.140. The maximum absolute atomic E-state index is 14.3. The molecule has 1 fully saturated rings. The summed E-state index contributed by atoms with van der Waals surface area (Å²) >= 11 is 0. The zero-order chi connectivity index (χ0) is 29.4. The molecule has 0 bridgehead atoms. The largest absolute Gasteiger partial charge is 0.352 e. The normalized spacial score (nSPS) is 14.4. The van der Waals surface area contributed by atoms with Gasteiger partial charge in [-0.25, -0.2) is 8.42 Å². The van der Waals surface area contributed by atoms with Crippen LogP contribution >= 0.6 is 0 Å². The van der Waals surface area contributed by atoms with Crippen molar-refractivity contribution in [2.45, 2.75) is 71.0 Å². The maximum Gasteiger partial charge on any atom is 0.244 e. The van der Waals surface area contributed by atoms with E-state index in [0.29, 0.717) is 18.5 Å². The Morgan fingerprint density at radius 1 is 0.927 bits per heavy atom. The first-order valence-corrected chi connectivity index (χ1v) is 16.3. The van der Waals surface area contributed by atoms with Gasteiger partial charge in [0.15, 0.2) is 0 Å². The highest BCUT2D eigenvalue weighted by atomic mass is 32.2.